The molecule has 0 saturated carbocycles. The number of rotatable bonds is 6. The minimum absolute atomic E-state index is 0.279. The van der Waals surface area contributed by atoms with Crippen LogP contribution in [0, 0.1) is 0 Å². The van der Waals surface area contributed by atoms with Crippen LogP contribution >= 0.6 is 11.8 Å². The van der Waals surface area contributed by atoms with Crippen molar-refractivity contribution in [1.82, 2.24) is 5.32 Å². The van der Waals surface area contributed by atoms with Crippen LogP contribution in [0.25, 0.3) is 0 Å². The molecule has 100 valence electrons. The van der Waals surface area contributed by atoms with Crippen molar-refractivity contribution >= 4 is 11.8 Å². The van der Waals surface area contributed by atoms with Crippen molar-refractivity contribution in [2.75, 3.05) is 18.6 Å². The van der Waals surface area contributed by atoms with Gasteiger partial charge in [0.05, 0.1) is 0 Å². The zero-order valence-electron chi connectivity index (χ0n) is 11.1. The van der Waals surface area contributed by atoms with E-state index in [0.29, 0.717) is 12.1 Å². The van der Waals surface area contributed by atoms with Gasteiger partial charge in [-0.1, -0.05) is 24.3 Å². The molecule has 0 radical (unpaired) electrons. The van der Waals surface area contributed by atoms with Crippen LogP contribution in [0.15, 0.2) is 24.3 Å². The van der Waals surface area contributed by atoms with Gasteiger partial charge in [-0.25, -0.2) is 0 Å². The van der Waals surface area contributed by atoms with Crippen molar-refractivity contribution in [2.24, 2.45) is 0 Å². The summed E-state index contributed by atoms with van der Waals surface area (Å²) in [5.41, 5.74) is 3.01. The maximum atomic E-state index is 9.10. The largest absolute Gasteiger partial charge is 0.396 e. The van der Waals surface area contributed by atoms with E-state index in [-0.39, 0.29) is 6.61 Å². The first kappa shape index (κ1) is 13.9. The molecule has 0 aliphatic heterocycles. The van der Waals surface area contributed by atoms with Crippen molar-refractivity contribution in [3.63, 3.8) is 0 Å². The first-order valence-electron chi connectivity index (χ1n) is 6.76. The fourth-order valence-electron chi connectivity index (χ4n) is 2.75. The van der Waals surface area contributed by atoms with Crippen molar-refractivity contribution in [1.29, 1.82) is 0 Å². The maximum Gasteiger partial charge on any atom is 0.0446 e. The molecule has 0 fully saturated rings. The lowest BCUT2D eigenvalue weighted by atomic mass is 9.88. The van der Waals surface area contributed by atoms with E-state index in [4.69, 9.17) is 5.11 Å². The lowest BCUT2D eigenvalue weighted by molar-refractivity contribution is 0.261. The summed E-state index contributed by atoms with van der Waals surface area (Å²) in [6.45, 7) is 0.279. The number of nitrogens with one attached hydrogen (secondary N) is 1. The second-order valence-electron chi connectivity index (χ2n) is 5.04. The van der Waals surface area contributed by atoms with Gasteiger partial charge in [0.2, 0.25) is 0 Å². The first-order chi connectivity index (χ1) is 8.83. The van der Waals surface area contributed by atoms with Crippen molar-refractivity contribution in [3.05, 3.63) is 35.4 Å². The standard InChI is InChI=1S/C15H23NOS/c1-18-11-15(8-9-17)16-14-7-6-12-4-2-3-5-13(12)10-14/h2-5,14-17H,6-11H2,1H3/t14-,15-/m1/s1. The first-order valence-corrected chi connectivity index (χ1v) is 8.15. The van der Waals surface area contributed by atoms with Crippen LogP contribution in [0.5, 0.6) is 0 Å². The van der Waals surface area contributed by atoms with E-state index < -0.39 is 0 Å². The van der Waals surface area contributed by atoms with Crippen LogP contribution in [0.1, 0.15) is 24.0 Å². The molecule has 0 unspecified atom stereocenters. The fraction of sp³-hybridized carbons (Fsp3) is 0.600. The second-order valence-corrected chi connectivity index (χ2v) is 5.95. The molecule has 1 aromatic carbocycles. The molecule has 0 bridgehead atoms. The highest BCUT2D eigenvalue weighted by Gasteiger charge is 2.20. The summed E-state index contributed by atoms with van der Waals surface area (Å²) in [6, 6.07) is 9.78. The molecule has 1 aliphatic rings. The summed E-state index contributed by atoms with van der Waals surface area (Å²) in [5.74, 6) is 1.08. The molecule has 0 spiro atoms. The summed E-state index contributed by atoms with van der Waals surface area (Å²) in [5, 5.41) is 12.8. The van der Waals surface area contributed by atoms with E-state index >= 15 is 0 Å². The highest BCUT2D eigenvalue weighted by Crippen LogP contribution is 2.21. The average molecular weight is 265 g/mol. The third-order valence-corrected chi connectivity index (χ3v) is 4.40. The van der Waals surface area contributed by atoms with Crippen LogP contribution in [-0.4, -0.2) is 35.8 Å². The number of fused-ring (bicyclic) bond motifs is 1. The number of benzene rings is 1. The normalized spacial score (nSPS) is 20.4. The van der Waals surface area contributed by atoms with Crippen LogP contribution in [0.3, 0.4) is 0 Å². The Kier molecular flexibility index (Phi) is 5.54. The molecule has 3 heteroatoms. The van der Waals surface area contributed by atoms with Gasteiger partial charge in [-0.15, -0.1) is 0 Å². The minimum atomic E-state index is 0.279. The van der Waals surface area contributed by atoms with Gasteiger partial charge >= 0.3 is 0 Å². The summed E-state index contributed by atoms with van der Waals surface area (Å²) in [6.07, 6.45) is 6.51. The molecule has 2 atom stereocenters. The van der Waals surface area contributed by atoms with Crippen LogP contribution in [0.4, 0.5) is 0 Å². The van der Waals surface area contributed by atoms with Gasteiger partial charge in [0, 0.05) is 24.4 Å². The Morgan fingerprint density at radius 3 is 2.89 bits per heavy atom. The van der Waals surface area contributed by atoms with Crippen LogP contribution in [-0.2, 0) is 12.8 Å². The number of hydrogen-bond acceptors (Lipinski definition) is 3. The fourth-order valence-corrected chi connectivity index (χ4v) is 3.41. The second kappa shape index (κ2) is 7.17. The Morgan fingerprint density at radius 1 is 1.39 bits per heavy atom. The van der Waals surface area contributed by atoms with Crippen LogP contribution in [0.2, 0.25) is 0 Å². The number of thioether (sulfide) groups is 1. The Labute approximate surface area is 114 Å². The summed E-state index contributed by atoms with van der Waals surface area (Å²) in [4.78, 5) is 0. The molecular formula is C15H23NOS. The van der Waals surface area contributed by atoms with Crippen molar-refractivity contribution < 1.29 is 5.11 Å². The van der Waals surface area contributed by atoms with E-state index in [1.807, 2.05) is 11.8 Å². The van der Waals surface area contributed by atoms with E-state index in [1.54, 1.807) is 0 Å². The quantitative estimate of drug-likeness (QED) is 0.827. The van der Waals surface area contributed by atoms with E-state index in [1.165, 1.54) is 24.0 Å². The van der Waals surface area contributed by atoms with Crippen molar-refractivity contribution in [3.8, 4) is 0 Å². The lowest BCUT2D eigenvalue weighted by Crippen LogP contribution is -2.43. The Balaban J connectivity index is 1.91. The average Bonchev–Trinajstić information content (AvgIpc) is 2.39. The number of hydrogen-bond donors (Lipinski definition) is 2. The van der Waals surface area contributed by atoms with Gasteiger partial charge in [0.1, 0.15) is 0 Å². The third-order valence-electron chi connectivity index (χ3n) is 3.66. The maximum absolute atomic E-state index is 9.10. The number of aryl methyl sites for hydroxylation is 1. The zero-order valence-corrected chi connectivity index (χ0v) is 11.9. The highest BCUT2D eigenvalue weighted by atomic mass is 32.2. The van der Waals surface area contributed by atoms with Gasteiger partial charge in [-0.05, 0) is 43.1 Å². The molecular weight excluding hydrogens is 242 g/mol. The van der Waals surface area contributed by atoms with Gasteiger partial charge < -0.3 is 10.4 Å². The molecule has 2 rings (SSSR count). The summed E-state index contributed by atoms with van der Waals surface area (Å²) < 4.78 is 0. The molecule has 1 aliphatic carbocycles. The molecule has 0 aromatic heterocycles. The molecule has 0 saturated heterocycles. The van der Waals surface area contributed by atoms with Gasteiger partial charge in [-0.2, -0.15) is 11.8 Å². The predicted molar refractivity (Wildman–Crippen MR) is 79.3 cm³/mol. The predicted octanol–water partition coefficient (Wildman–Crippen LogP) is 2.25. The van der Waals surface area contributed by atoms with E-state index in [9.17, 15) is 0 Å². The molecule has 0 heterocycles. The van der Waals surface area contributed by atoms with Crippen molar-refractivity contribution in [2.45, 2.75) is 37.8 Å². The van der Waals surface area contributed by atoms with Crippen LogP contribution < -0.4 is 5.32 Å². The topological polar surface area (TPSA) is 32.3 Å². The molecule has 1 aromatic rings. The summed E-state index contributed by atoms with van der Waals surface area (Å²) >= 11 is 1.85. The molecule has 2 N–H and O–H groups in total. The lowest BCUT2D eigenvalue weighted by Gasteiger charge is -2.29. The molecule has 0 amide bonds. The van der Waals surface area contributed by atoms with Gasteiger partial charge in [0.25, 0.3) is 0 Å². The number of aliphatic hydroxyl groups excluding tert-OH is 1. The Bertz CT molecular complexity index is 363. The number of aliphatic hydroxyl groups is 1. The Morgan fingerprint density at radius 2 is 2.17 bits per heavy atom. The monoisotopic (exact) mass is 265 g/mol. The SMILES string of the molecule is CSC[C@@H](CCO)N[C@@H]1CCc2ccccc2C1. The highest BCUT2D eigenvalue weighted by molar-refractivity contribution is 7.98. The van der Waals surface area contributed by atoms with E-state index in [2.05, 4.69) is 35.8 Å². The summed E-state index contributed by atoms with van der Waals surface area (Å²) in [7, 11) is 0. The van der Waals surface area contributed by atoms with Gasteiger partial charge in [0.15, 0.2) is 0 Å². The van der Waals surface area contributed by atoms with Gasteiger partial charge in [-0.3, -0.25) is 0 Å². The zero-order chi connectivity index (χ0) is 12.8. The Hall–Kier alpha value is -0.510. The van der Waals surface area contributed by atoms with E-state index in [0.717, 1.165) is 18.6 Å². The smallest absolute Gasteiger partial charge is 0.0446 e. The third kappa shape index (κ3) is 3.74. The molecule has 18 heavy (non-hydrogen) atoms. The molecule has 2 nitrogen and oxygen atoms in total. The minimum Gasteiger partial charge on any atom is -0.396 e.